The number of halogens is 1. The lowest BCUT2D eigenvalue weighted by molar-refractivity contribution is -0.129. The molecule has 1 aromatic carbocycles. The van der Waals surface area contributed by atoms with Crippen molar-refractivity contribution < 1.29 is 4.79 Å². The van der Waals surface area contributed by atoms with E-state index in [2.05, 4.69) is 0 Å². The number of benzene rings is 1. The van der Waals surface area contributed by atoms with E-state index < -0.39 is 0 Å². The number of carbonyl (C=O) groups is 1. The van der Waals surface area contributed by atoms with Gasteiger partial charge in [-0.25, -0.2) is 0 Å². The van der Waals surface area contributed by atoms with Gasteiger partial charge in [-0.3, -0.25) is 4.79 Å². The van der Waals surface area contributed by atoms with Crippen molar-refractivity contribution >= 4 is 17.5 Å². The van der Waals surface area contributed by atoms with Crippen LogP contribution in [0.4, 0.5) is 0 Å². The van der Waals surface area contributed by atoms with Crippen LogP contribution in [0.3, 0.4) is 0 Å². The van der Waals surface area contributed by atoms with Gasteiger partial charge in [0, 0.05) is 19.0 Å². The summed E-state index contributed by atoms with van der Waals surface area (Å²) in [6.45, 7) is 3.54. The number of hydrogen-bond acceptors (Lipinski definition) is 1. The van der Waals surface area contributed by atoms with Crippen molar-refractivity contribution in [3.8, 4) is 0 Å². The molecule has 0 aliphatic heterocycles. The molecule has 1 rings (SSSR count). The molecule has 0 heterocycles. The molecule has 1 amide bonds. The van der Waals surface area contributed by atoms with Crippen LogP contribution >= 0.6 is 11.6 Å². The average Bonchev–Trinajstić information content (AvgIpc) is 2.15. The predicted molar refractivity (Wildman–Crippen MR) is 58.3 cm³/mol. The molecule has 76 valence electrons. The van der Waals surface area contributed by atoms with Crippen LogP contribution in [-0.4, -0.2) is 17.9 Å². The van der Waals surface area contributed by atoms with Gasteiger partial charge in [0.2, 0.25) is 5.91 Å². The van der Waals surface area contributed by atoms with E-state index >= 15 is 0 Å². The van der Waals surface area contributed by atoms with E-state index in [1.165, 1.54) is 0 Å². The molecule has 3 heteroatoms. The van der Waals surface area contributed by atoms with E-state index in [-0.39, 0.29) is 11.9 Å². The fourth-order valence-corrected chi connectivity index (χ4v) is 1.46. The Morgan fingerprint density at radius 3 is 2.64 bits per heavy atom. The fourth-order valence-electron chi connectivity index (χ4n) is 1.26. The van der Waals surface area contributed by atoms with E-state index in [0.717, 1.165) is 5.56 Å². The van der Waals surface area contributed by atoms with Crippen molar-refractivity contribution in [2.75, 3.05) is 7.05 Å². The Bertz CT molecular complexity index is 338. The summed E-state index contributed by atoms with van der Waals surface area (Å²) in [5.41, 5.74) is 1.05. The van der Waals surface area contributed by atoms with Crippen molar-refractivity contribution in [3.63, 3.8) is 0 Å². The summed E-state index contributed by atoms with van der Waals surface area (Å²) in [4.78, 5) is 12.8. The largest absolute Gasteiger partial charge is 0.339 e. The third kappa shape index (κ3) is 2.48. The minimum atomic E-state index is 0.0532. The zero-order valence-corrected chi connectivity index (χ0v) is 9.38. The number of rotatable bonds is 2. The molecule has 0 aliphatic carbocycles. The monoisotopic (exact) mass is 211 g/mol. The predicted octanol–water partition coefficient (Wildman–Crippen LogP) is 2.88. The molecule has 0 saturated carbocycles. The topological polar surface area (TPSA) is 20.3 Å². The molecule has 2 nitrogen and oxygen atoms in total. The maximum Gasteiger partial charge on any atom is 0.219 e. The molecule has 1 atom stereocenters. The van der Waals surface area contributed by atoms with Gasteiger partial charge in [-0.2, -0.15) is 0 Å². The van der Waals surface area contributed by atoms with E-state index in [4.69, 9.17) is 11.6 Å². The highest BCUT2D eigenvalue weighted by Gasteiger charge is 2.13. The second kappa shape index (κ2) is 4.47. The lowest BCUT2D eigenvalue weighted by atomic mass is 10.1. The zero-order valence-electron chi connectivity index (χ0n) is 8.62. The highest BCUT2D eigenvalue weighted by Crippen LogP contribution is 2.21. The third-order valence-corrected chi connectivity index (χ3v) is 2.64. The highest BCUT2D eigenvalue weighted by molar-refractivity contribution is 6.30. The Hall–Kier alpha value is -1.02. The van der Waals surface area contributed by atoms with Gasteiger partial charge in [-0.15, -0.1) is 0 Å². The lowest BCUT2D eigenvalue weighted by Crippen LogP contribution is -2.27. The molecule has 0 aliphatic rings. The Kier molecular flexibility index (Phi) is 3.53. The van der Waals surface area contributed by atoms with Crippen LogP contribution in [0.1, 0.15) is 25.5 Å². The van der Waals surface area contributed by atoms with Gasteiger partial charge in [0.15, 0.2) is 0 Å². The number of carbonyl (C=O) groups excluding carboxylic acids is 1. The maximum atomic E-state index is 11.1. The van der Waals surface area contributed by atoms with Crippen molar-refractivity contribution in [3.05, 3.63) is 34.9 Å². The van der Waals surface area contributed by atoms with Crippen LogP contribution < -0.4 is 0 Å². The lowest BCUT2D eigenvalue weighted by Gasteiger charge is -2.23. The van der Waals surface area contributed by atoms with Gasteiger partial charge >= 0.3 is 0 Å². The van der Waals surface area contributed by atoms with Crippen molar-refractivity contribution in [2.24, 2.45) is 0 Å². The quantitative estimate of drug-likeness (QED) is 0.737. The normalized spacial score (nSPS) is 12.3. The molecule has 0 bridgehead atoms. The standard InChI is InChI=1S/C11H14ClNO/c1-8(13(3)9(2)14)10-5-4-6-11(12)7-10/h4-8H,1-3H3. The first-order chi connectivity index (χ1) is 6.52. The highest BCUT2D eigenvalue weighted by atomic mass is 35.5. The van der Waals surface area contributed by atoms with Crippen molar-refractivity contribution in [1.82, 2.24) is 4.90 Å². The van der Waals surface area contributed by atoms with Gasteiger partial charge in [0.1, 0.15) is 0 Å². The minimum absolute atomic E-state index is 0.0532. The van der Waals surface area contributed by atoms with Crippen molar-refractivity contribution in [2.45, 2.75) is 19.9 Å². The fraction of sp³-hybridized carbons (Fsp3) is 0.364. The number of nitrogens with zero attached hydrogens (tertiary/aromatic N) is 1. The van der Waals surface area contributed by atoms with E-state index in [0.29, 0.717) is 5.02 Å². The molecule has 0 aromatic heterocycles. The molecule has 1 unspecified atom stereocenters. The molecule has 0 spiro atoms. The number of amides is 1. The smallest absolute Gasteiger partial charge is 0.219 e. The summed E-state index contributed by atoms with van der Waals surface area (Å²) < 4.78 is 0. The summed E-state index contributed by atoms with van der Waals surface area (Å²) in [6, 6.07) is 7.63. The van der Waals surface area contributed by atoms with Crippen LogP contribution in [0.25, 0.3) is 0 Å². The molecular formula is C11H14ClNO. The summed E-state index contributed by atoms with van der Waals surface area (Å²) in [5.74, 6) is 0.0532. The van der Waals surface area contributed by atoms with Gasteiger partial charge in [-0.05, 0) is 24.6 Å². The van der Waals surface area contributed by atoms with Crippen LogP contribution in [0, 0.1) is 0 Å². The van der Waals surface area contributed by atoms with Gasteiger partial charge in [-0.1, -0.05) is 23.7 Å². The molecule has 0 fully saturated rings. The third-order valence-electron chi connectivity index (χ3n) is 2.41. The van der Waals surface area contributed by atoms with Gasteiger partial charge in [0.05, 0.1) is 6.04 Å². The first kappa shape index (κ1) is 11.1. The van der Waals surface area contributed by atoms with Crippen molar-refractivity contribution in [1.29, 1.82) is 0 Å². The Labute approximate surface area is 89.5 Å². The van der Waals surface area contributed by atoms with E-state index in [1.807, 2.05) is 31.2 Å². The average molecular weight is 212 g/mol. The second-order valence-electron chi connectivity index (χ2n) is 3.36. The Balaban J connectivity index is 2.89. The zero-order chi connectivity index (χ0) is 10.7. The summed E-state index contributed by atoms with van der Waals surface area (Å²) in [5, 5.41) is 0.700. The molecule has 0 saturated heterocycles. The van der Waals surface area contributed by atoms with Crippen LogP contribution in [0.15, 0.2) is 24.3 Å². The van der Waals surface area contributed by atoms with Gasteiger partial charge < -0.3 is 4.90 Å². The second-order valence-corrected chi connectivity index (χ2v) is 3.80. The Morgan fingerprint density at radius 2 is 2.14 bits per heavy atom. The summed E-state index contributed by atoms with van der Waals surface area (Å²) in [7, 11) is 1.79. The molecule has 0 N–H and O–H groups in total. The minimum Gasteiger partial charge on any atom is -0.339 e. The van der Waals surface area contributed by atoms with E-state index in [1.54, 1.807) is 18.9 Å². The molecular weight excluding hydrogens is 198 g/mol. The SMILES string of the molecule is CC(=O)N(C)C(C)c1cccc(Cl)c1. The molecule has 0 radical (unpaired) electrons. The van der Waals surface area contributed by atoms with Gasteiger partial charge in [0.25, 0.3) is 0 Å². The summed E-state index contributed by atoms with van der Waals surface area (Å²) in [6.07, 6.45) is 0. The first-order valence-corrected chi connectivity index (χ1v) is 4.89. The van der Waals surface area contributed by atoms with Crippen LogP contribution in [-0.2, 0) is 4.79 Å². The molecule has 1 aromatic rings. The first-order valence-electron chi connectivity index (χ1n) is 4.51. The Morgan fingerprint density at radius 1 is 1.50 bits per heavy atom. The van der Waals surface area contributed by atoms with Crippen LogP contribution in [0.5, 0.6) is 0 Å². The van der Waals surface area contributed by atoms with Crippen LogP contribution in [0.2, 0.25) is 5.02 Å². The summed E-state index contributed by atoms with van der Waals surface area (Å²) >= 11 is 5.87. The molecule has 14 heavy (non-hydrogen) atoms. The van der Waals surface area contributed by atoms with E-state index in [9.17, 15) is 4.79 Å². The maximum absolute atomic E-state index is 11.1. The number of hydrogen-bond donors (Lipinski definition) is 0.